The van der Waals surface area contributed by atoms with Gasteiger partial charge in [-0.1, -0.05) is 16.8 Å². The number of hydrogen-bond donors (Lipinski definition) is 1. The summed E-state index contributed by atoms with van der Waals surface area (Å²) < 4.78 is 10.7. The lowest BCUT2D eigenvalue weighted by Crippen LogP contribution is -2.16. The van der Waals surface area contributed by atoms with Gasteiger partial charge in [0.1, 0.15) is 11.9 Å². The van der Waals surface area contributed by atoms with Crippen molar-refractivity contribution >= 4 is 23.4 Å². The van der Waals surface area contributed by atoms with Crippen molar-refractivity contribution in [1.82, 2.24) is 10.1 Å². The molecule has 2 aromatic rings. The summed E-state index contributed by atoms with van der Waals surface area (Å²) in [7, 11) is 0. The van der Waals surface area contributed by atoms with E-state index in [9.17, 15) is 5.11 Å². The molecule has 0 amide bonds. The van der Waals surface area contributed by atoms with Crippen LogP contribution in [0.3, 0.4) is 0 Å². The number of thioether (sulfide) groups is 1. The average Bonchev–Trinajstić information content (AvgIpc) is 2.89. The molecule has 1 unspecified atom stereocenters. The molecular weight excluding hydrogens is 288 g/mol. The van der Waals surface area contributed by atoms with Crippen molar-refractivity contribution in [2.45, 2.75) is 6.10 Å². The minimum atomic E-state index is -0.148. The minimum absolute atomic E-state index is 0.0154. The van der Waals surface area contributed by atoms with Crippen LogP contribution in [0.2, 0.25) is 5.02 Å². The molecule has 1 aromatic carbocycles. The van der Waals surface area contributed by atoms with Gasteiger partial charge in [-0.3, -0.25) is 0 Å². The lowest BCUT2D eigenvalue weighted by molar-refractivity contribution is 0.0677. The summed E-state index contributed by atoms with van der Waals surface area (Å²) in [4.78, 5) is 4.28. The van der Waals surface area contributed by atoms with Crippen molar-refractivity contribution in [3.8, 4) is 17.2 Å². The number of ether oxygens (including phenoxy) is 1. The molecule has 3 rings (SSSR count). The molecule has 2 heterocycles. The molecule has 0 bridgehead atoms. The molecule has 100 valence electrons. The zero-order chi connectivity index (χ0) is 13.2. The number of phenols is 1. The zero-order valence-corrected chi connectivity index (χ0v) is 11.4. The third kappa shape index (κ3) is 2.70. The summed E-state index contributed by atoms with van der Waals surface area (Å²) in [6.07, 6.45) is -0.148. The van der Waals surface area contributed by atoms with Crippen molar-refractivity contribution in [1.29, 1.82) is 0 Å². The average molecular weight is 299 g/mol. The van der Waals surface area contributed by atoms with E-state index in [2.05, 4.69) is 10.1 Å². The molecule has 1 aliphatic rings. The van der Waals surface area contributed by atoms with Gasteiger partial charge in [0.05, 0.1) is 12.2 Å². The van der Waals surface area contributed by atoms with Gasteiger partial charge in [0.15, 0.2) is 0 Å². The maximum absolute atomic E-state index is 9.82. The van der Waals surface area contributed by atoms with Gasteiger partial charge >= 0.3 is 0 Å². The third-order valence-corrected chi connectivity index (χ3v) is 3.96. The monoisotopic (exact) mass is 298 g/mol. The van der Waals surface area contributed by atoms with Crippen molar-refractivity contribution in [2.24, 2.45) is 0 Å². The van der Waals surface area contributed by atoms with Crippen LogP contribution in [0.1, 0.15) is 11.9 Å². The number of hydrogen-bond acceptors (Lipinski definition) is 6. The largest absolute Gasteiger partial charge is 0.507 e. The van der Waals surface area contributed by atoms with E-state index in [4.69, 9.17) is 20.9 Å². The summed E-state index contributed by atoms with van der Waals surface area (Å²) in [6, 6.07) is 4.74. The number of aromatic nitrogens is 2. The van der Waals surface area contributed by atoms with E-state index in [1.165, 1.54) is 6.07 Å². The number of rotatable bonds is 2. The Bertz CT molecular complexity index is 584. The van der Waals surface area contributed by atoms with Crippen LogP contribution >= 0.6 is 23.4 Å². The SMILES string of the molecule is Oc1cc(Cl)ccc1-c1nc(C2CSCCO2)no1. The highest BCUT2D eigenvalue weighted by Crippen LogP contribution is 2.32. The van der Waals surface area contributed by atoms with Gasteiger partial charge in [0, 0.05) is 16.5 Å². The molecule has 0 spiro atoms. The van der Waals surface area contributed by atoms with Crippen molar-refractivity contribution in [3.05, 3.63) is 29.0 Å². The Balaban J connectivity index is 1.87. The molecule has 1 fully saturated rings. The predicted octanol–water partition coefficient (Wildman–Crippen LogP) is 2.90. The third-order valence-electron chi connectivity index (χ3n) is 2.74. The van der Waals surface area contributed by atoms with Crippen LogP contribution in [-0.2, 0) is 4.74 Å². The first-order valence-electron chi connectivity index (χ1n) is 5.76. The topological polar surface area (TPSA) is 68.4 Å². The number of benzene rings is 1. The van der Waals surface area contributed by atoms with Crippen LogP contribution in [0.5, 0.6) is 5.75 Å². The second kappa shape index (κ2) is 5.40. The second-order valence-corrected chi connectivity index (χ2v) is 5.64. The first kappa shape index (κ1) is 12.8. The normalized spacial score (nSPS) is 19.5. The fraction of sp³-hybridized carbons (Fsp3) is 0.333. The van der Waals surface area contributed by atoms with Gasteiger partial charge in [-0.15, -0.1) is 0 Å². The summed E-state index contributed by atoms with van der Waals surface area (Å²) in [6.45, 7) is 0.686. The van der Waals surface area contributed by atoms with E-state index in [0.29, 0.717) is 23.0 Å². The molecule has 1 aliphatic heterocycles. The van der Waals surface area contributed by atoms with E-state index in [1.807, 2.05) is 0 Å². The maximum Gasteiger partial charge on any atom is 0.261 e. The first-order valence-corrected chi connectivity index (χ1v) is 7.29. The molecule has 5 nitrogen and oxygen atoms in total. The van der Waals surface area contributed by atoms with E-state index in [0.717, 1.165) is 11.5 Å². The van der Waals surface area contributed by atoms with Gasteiger partial charge in [-0.2, -0.15) is 16.7 Å². The molecule has 7 heteroatoms. The quantitative estimate of drug-likeness (QED) is 0.919. The van der Waals surface area contributed by atoms with Crippen molar-refractivity contribution in [2.75, 3.05) is 18.1 Å². The Morgan fingerprint density at radius 3 is 3.05 bits per heavy atom. The first-order chi connectivity index (χ1) is 9.24. The van der Waals surface area contributed by atoms with Crippen molar-refractivity contribution in [3.63, 3.8) is 0 Å². The molecule has 0 aliphatic carbocycles. The highest BCUT2D eigenvalue weighted by molar-refractivity contribution is 7.99. The molecule has 1 saturated heterocycles. The molecule has 1 N–H and O–H groups in total. The van der Waals surface area contributed by atoms with E-state index in [-0.39, 0.29) is 17.7 Å². The number of phenolic OH excluding ortho intramolecular Hbond substituents is 1. The number of nitrogens with zero attached hydrogens (tertiary/aromatic N) is 2. The lowest BCUT2D eigenvalue weighted by Gasteiger charge is -2.18. The number of halogens is 1. The van der Waals surface area contributed by atoms with Crippen LogP contribution in [0.15, 0.2) is 22.7 Å². The van der Waals surface area contributed by atoms with Gasteiger partial charge < -0.3 is 14.4 Å². The van der Waals surface area contributed by atoms with Gasteiger partial charge in [0.25, 0.3) is 5.89 Å². The summed E-state index contributed by atoms with van der Waals surface area (Å²) in [5.41, 5.74) is 0.464. The lowest BCUT2D eigenvalue weighted by atomic mass is 10.2. The highest BCUT2D eigenvalue weighted by atomic mass is 35.5. The molecule has 0 saturated carbocycles. The fourth-order valence-electron chi connectivity index (χ4n) is 1.80. The fourth-order valence-corrected chi connectivity index (χ4v) is 2.80. The highest BCUT2D eigenvalue weighted by Gasteiger charge is 2.23. The Morgan fingerprint density at radius 1 is 1.42 bits per heavy atom. The summed E-state index contributed by atoms with van der Waals surface area (Å²) in [5.74, 6) is 2.59. The maximum atomic E-state index is 9.82. The standard InChI is InChI=1S/C12H11ClN2O3S/c13-7-1-2-8(9(16)5-7)12-14-11(15-18-12)10-6-19-4-3-17-10/h1-2,5,10,16H,3-4,6H2. The Labute approximate surface area is 118 Å². The van der Waals surface area contributed by atoms with Gasteiger partial charge in [-0.25, -0.2) is 0 Å². The molecule has 1 aromatic heterocycles. The Morgan fingerprint density at radius 2 is 2.32 bits per heavy atom. The Hall–Kier alpha value is -1.24. The van der Waals surface area contributed by atoms with E-state index in [1.54, 1.807) is 23.9 Å². The van der Waals surface area contributed by atoms with Crippen LogP contribution in [0.4, 0.5) is 0 Å². The van der Waals surface area contributed by atoms with Gasteiger partial charge in [0.2, 0.25) is 5.82 Å². The molecule has 19 heavy (non-hydrogen) atoms. The second-order valence-electron chi connectivity index (χ2n) is 4.05. The van der Waals surface area contributed by atoms with Crippen LogP contribution in [-0.4, -0.2) is 33.4 Å². The Kier molecular flexibility index (Phi) is 3.63. The minimum Gasteiger partial charge on any atom is -0.507 e. The summed E-state index contributed by atoms with van der Waals surface area (Å²) in [5, 5.41) is 14.2. The van der Waals surface area contributed by atoms with E-state index < -0.39 is 0 Å². The molecular formula is C12H11ClN2O3S. The van der Waals surface area contributed by atoms with Gasteiger partial charge in [-0.05, 0) is 18.2 Å². The van der Waals surface area contributed by atoms with Crippen LogP contribution in [0, 0.1) is 0 Å². The zero-order valence-electron chi connectivity index (χ0n) is 9.88. The van der Waals surface area contributed by atoms with Crippen LogP contribution in [0.25, 0.3) is 11.5 Å². The number of aromatic hydroxyl groups is 1. The summed E-state index contributed by atoms with van der Waals surface area (Å²) >= 11 is 7.58. The van der Waals surface area contributed by atoms with Crippen molar-refractivity contribution < 1.29 is 14.4 Å². The van der Waals surface area contributed by atoms with Crippen LogP contribution < -0.4 is 0 Å². The smallest absolute Gasteiger partial charge is 0.261 e. The van der Waals surface area contributed by atoms with E-state index >= 15 is 0 Å². The molecule has 1 atom stereocenters. The predicted molar refractivity (Wildman–Crippen MR) is 72.4 cm³/mol. The molecule has 0 radical (unpaired) electrons.